The zero-order chi connectivity index (χ0) is 24.2. The van der Waals surface area contributed by atoms with Crippen LogP contribution in [0, 0.1) is 10.1 Å². The Hall–Kier alpha value is -4.02. The number of halogens is 1. The highest BCUT2D eigenvalue weighted by molar-refractivity contribution is 8.18. The van der Waals surface area contributed by atoms with E-state index in [2.05, 4.69) is 10.2 Å². The second-order valence-electron chi connectivity index (χ2n) is 7.11. The molecule has 1 fully saturated rings. The van der Waals surface area contributed by atoms with Gasteiger partial charge in [0.15, 0.2) is 0 Å². The molecule has 1 heterocycles. The Kier molecular flexibility index (Phi) is 6.71. The fourth-order valence-electron chi connectivity index (χ4n) is 3.06. The van der Waals surface area contributed by atoms with E-state index in [0.717, 1.165) is 16.7 Å². The molecule has 3 aromatic carbocycles. The molecule has 1 aliphatic heterocycles. The fourth-order valence-corrected chi connectivity index (χ4v) is 4.07. The number of rotatable bonds is 6. The summed E-state index contributed by atoms with van der Waals surface area (Å²) >= 11 is 6.68. The number of nitro groups is 1. The van der Waals surface area contributed by atoms with Gasteiger partial charge in [-0.25, -0.2) is 0 Å². The molecule has 9 nitrogen and oxygen atoms in total. The van der Waals surface area contributed by atoms with Gasteiger partial charge >= 0.3 is 0 Å². The van der Waals surface area contributed by atoms with Crippen molar-refractivity contribution in [3.63, 3.8) is 0 Å². The van der Waals surface area contributed by atoms with E-state index in [4.69, 9.17) is 11.6 Å². The Morgan fingerprint density at radius 1 is 1.03 bits per heavy atom. The number of imide groups is 1. The zero-order valence-electron chi connectivity index (χ0n) is 17.3. The quantitative estimate of drug-likeness (QED) is 0.178. The highest BCUT2D eigenvalue weighted by Gasteiger charge is 2.35. The average molecular weight is 495 g/mol. The molecule has 4 rings (SSSR count). The van der Waals surface area contributed by atoms with Crippen LogP contribution in [0.15, 0.2) is 81.9 Å². The van der Waals surface area contributed by atoms with Gasteiger partial charge in [-0.3, -0.25) is 24.6 Å². The molecule has 3 aromatic rings. The van der Waals surface area contributed by atoms with Crippen LogP contribution in [0.1, 0.15) is 11.1 Å². The van der Waals surface area contributed by atoms with Crippen LogP contribution in [0.4, 0.5) is 21.9 Å². The third-order valence-corrected chi connectivity index (χ3v) is 5.89. The van der Waals surface area contributed by atoms with Crippen LogP contribution in [0.25, 0.3) is 6.08 Å². The molecular formula is C23H15ClN4O5S. The number of azo groups is 1. The van der Waals surface area contributed by atoms with Crippen molar-refractivity contribution in [1.29, 1.82) is 0 Å². The summed E-state index contributed by atoms with van der Waals surface area (Å²) in [6.45, 7) is -0.0279. The predicted molar refractivity (Wildman–Crippen MR) is 128 cm³/mol. The maximum absolute atomic E-state index is 12.8. The largest absolute Gasteiger partial charge is 0.507 e. The lowest BCUT2D eigenvalue weighted by Gasteiger charge is -2.12. The van der Waals surface area contributed by atoms with Crippen LogP contribution < -0.4 is 0 Å². The molecule has 1 saturated heterocycles. The number of phenolic OH excluding ortho intramolecular Hbond substituents is 1. The van der Waals surface area contributed by atoms with Crippen LogP contribution in [0.5, 0.6) is 5.75 Å². The van der Waals surface area contributed by atoms with Gasteiger partial charge in [-0.15, -0.1) is 0 Å². The van der Waals surface area contributed by atoms with Crippen molar-refractivity contribution in [1.82, 2.24) is 4.90 Å². The maximum Gasteiger partial charge on any atom is 0.293 e. The van der Waals surface area contributed by atoms with Crippen LogP contribution >= 0.6 is 23.4 Å². The first-order valence-corrected chi connectivity index (χ1v) is 11.0. The summed E-state index contributed by atoms with van der Waals surface area (Å²) in [7, 11) is 0. The standard InChI is InChI=1S/C23H15ClN4O5S/c24-16-2-1-3-17(12-16)25-26-18-6-9-20(29)15(10-18)11-21-22(30)27(23(31)34-21)13-14-4-7-19(8-5-14)28(32)33/h1-12,29H,13H2/b21-11-,26-25?. The number of non-ortho nitro benzene ring substituents is 1. The second-order valence-corrected chi connectivity index (χ2v) is 8.54. The second kappa shape index (κ2) is 9.86. The molecule has 0 unspecified atom stereocenters. The Labute approximate surface area is 202 Å². The van der Waals surface area contributed by atoms with E-state index in [0.29, 0.717) is 27.5 Å². The van der Waals surface area contributed by atoms with Gasteiger partial charge in [0.2, 0.25) is 0 Å². The molecule has 170 valence electrons. The first-order valence-electron chi connectivity index (χ1n) is 9.79. The molecule has 11 heteroatoms. The molecule has 0 radical (unpaired) electrons. The van der Waals surface area contributed by atoms with E-state index in [1.165, 1.54) is 42.5 Å². The van der Waals surface area contributed by atoms with Gasteiger partial charge in [-0.05, 0) is 59.8 Å². The van der Waals surface area contributed by atoms with Crippen molar-refractivity contribution in [2.75, 3.05) is 0 Å². The van der Waals surface area contributed by atoms with E-state index >= 15 is 0 Å². The smallest absolute Gasteiger partial charge is 0.293 e. The van der Waals surface area contributed by atoms with E-state index in [1.807, 2.05) is 0 Å². The van der Waals surface area contributed by atoms with Gasteiger partial charge in [0.1, 0.15) is 5.75 Å². The fraction of sp³-hybridized carbons (Fsp3) is 0.0435. The minimum atomic E-state index is -0.529. The number of nitro benzene ring substituents is 1. The zero-order valence-corrected chi connectivity index (χ0v) is 18.9. The minimum absolute atomic E-state index is 0.0279. The highest BCUT2D eigenvalue weighted by atomic mass is 35.5. The minimum Gasteiger partial charge on any atom is -0.507 e. The Morgan fingerprint density at radius 3 is 2.41 bits per heavy atom. The van der Waals surface area contributed by atoms with Crippen LogP contribution in [-0.4, -0.2) is 26.1 Å². The van der Waals surface area contributed by atoms with Crippen LogP contribution in [0.2, 0.25) is 5.02 Å². The maximum atomic E-state index is 12.8. The number of aromatic hydroxyl groups is 1. The van der Waals surface area contributed by atoms with E-state index in [-0.39, 0.29) is 22.9 Å². The number of hydrogen-bond donors (Lipinski definition) is 1. The van der Waals surface area contributed by atoms with Crippen LogP contribution in [0.3, 0.4) is 0 Å². The molecule has 1 N–H and O–H groups in total. The van der Waals surface area contributed by atoms with Crippen molar-refractivity contribution in [2.45, 2.75) is 6.54 Å². The van der Waals surface area contributed by atoms with Crippen molar-refractivity contribution >= 4 is 57.6 Å². The van der Waals surface area contributed by atoms with Gasteiger partial charge in [-0.1, -0.05) is 29.8 Å². The number of phenols is 1. The van der Waals surface area contributed by atoms with Gasteiger partial charge in [0, 0.05) is 22.7 Å². The van der Waals surface area contributed by atoms with Crippen LogP contribution in [-0.2, 0) is 11.3 Å². The lowest BCUT2D eigenvalue weighted by molar-refractivity contribution is -0.384. The summed E-state index contributed by atoms with van der Waals surface area (Å²) in [6, 6.07) is 17.0. The van der Waals surface area contributed by atoms with Gasteiger partial charge in [0.25, 0.3) is 16.8 Å². The molecule has 34 heavy (non-hydrogen) atoms. The number of carbonyl (C=O) groups is 2. The van der Waals surface area contributed by atoms with E-state index < -0.39 is 16.1 Å². The normalized spacial score (nSPS) is 15.0. The van der Waals surface area contributed by atoms with Gasteiger partial charge < -0.3 is 5.11 Å². The number of thioether (sulfide) groups is 1. The highest BCUT2D eigenvalue weighted by Crippen LogP contribution is 2.36. The predicted octanol–water partition coefficient (Wildman–Crippen LogP) is 6.61. The molecule has 2 amide bonds. The van der Waals surface area contributed by atoms with Gasteiger partial charge in [0.05, 0.1) is 27.7 Å². The molecule has 0 spiro atoms. The number of hydrogen-bond acceptors (Lipinski definition) is 8. The molecule has 0 saturated carbocycles. The summed E-state index contributed by atoms with van der Waals surface area (Å²) < 4.78 is 0. The summed E-state index contributed by atoms with van der Waals surface area (Å²) in [4.78, 5) is 36.7. The molecule has 0 aliphatic carbocycles. The first-order chi connectivity index (χ1) is 16.3. The summed E-state index contributed by atoms with van der Waals surface area (Å²) in [6.07, 6.45) is 1.41. The summed E-state index contributed by atoms with van der Waals surface area (Å²) in [5, 5.41) is 29.3. The molecule has 0 atom stereocenters. The Bertz CT molecular complexity index is 1360. The molecule has 0 aromatic heterocycles. The SMILES string of the molecule is O=C1S/C(=C\c2cc(N=Nc3cccc(Cl)c3)ccc2O)C(=O)N1Cc1ccc([N+](=O)[O-])cc1. The lowest BCUT2D eigenvalue weighted by Crippen LogP contribution is -2.27. The third-order valence-electron chi connectivity index (χ3n) is 4.75. The number of nitrogens with zero attached hydrogens (tertiary/aromatic N) is 4. The Morgan fingerprint density at radius 2 is 1.74 bits per heavy atom. The summed E-state index contributed by atoms with van der Waals surface area (Å²) in [5.41, 5.74) is 1.76. The van der Waals surface area contributed by atoms with Crippen molar-refractivity contribution in [3.8, 4) is 5.75 Å². The first kappa shape index (κ1) is 23.1. The molecule has 1 aliphatic rings. The van der Waals surface area contributed by atoms with Crippen molar-refractivity contribution in [2.24, 2.45) is 10.2 Å². The Balaban J connectivity index is 1.53. The van der Waals surface area contributed by atoms with Gasteiger partial charge in [-0.2, -0.15) is 10.2 Å². The average Bonchev–Trinajstić information content (AvgIpc) is 3.07. The van der Waals surface area contributed by atoms with Crippen molar-refractivity contribution < 1.29 is 19.6 Å². The van der Waals surface area contributed by atoms with E-state index in [1.54, 1.807) is 30.3 Å². The molecule has 0 bridgehead atoms. The number of benzene rings is 3. The monoisotopic (exact) mass is 494 g/mol. The molecular weight excluding hydrogens is 480 g/mol. The summed E-state index contributed by atoms with van der Waals surface area (Å²) in [5.74, 6) is -0.623. The number of carbonyl (C=O) groups excluding carboxylic acids is 2. The number of amides is 2. The van der Waals surface area contributed by atoms with E-state index in [9.17, 15) is 24.8 Å². The lowest BCUT2D eigenvalue weighted by atomic mass is 10.1. The topological polar surface area (TPSA) is 125 Å². The third kappa shape index (κ3) is 5.30. The van der Waals surface area contributed by atoms with Crippen molar-refractivity contribution in [3.05, 3.63) is 97.9 Å².